The highest BCUT2D eigenvalue weighted by atomic mass is 28.4. The van der Waals surface area contributed by atoms with Gasteiger partial charge in [-0.2, -0.15) is 0 Å². The van der Waals surface area contributed by atoms with Crippen molar-refractivity contribution in [2.75, 3.05) is 13.2 Å². The Labute approximate surface area is 263 Å². The van der Waals surface area contributed by atoms with Gasteiger partial charge in [0.25, 0.3) is 8.32 Å². The SMILES string of the molecule is CC(C)(CC(CCCCCCCCC(O)CO)CCCCCCCCC(O)CO)[Si](O)(c1ccccc1)c1ccccc1. The van der Waals surface area contributed by atoms with Gasteiger partial charge in [-0.05, 0) is 40.6 Å². The fourth-order valence-corrected chi connectivity index (χ4v) is 10.6. The predicted octanol–water partition coefficient (Wildman–Crippen LogP) is 6.47. The molecule has 2 aromatic carbocycles. The molecule has 0 aliphatic carbocycles. The van der Waals surface area contributed by atoms with Crippen LogP contribution >= 0.6 is 0 Å². The number of benzene rings is 2. The first-order valence-corrected chi connectivity index (χ1v) is 19.1. The van der Waals surface area contributed by atoms with E-state index in [2.05, 4.69) is 62.4 Å². The Morgan fingerprint density at radius 3 is 1.21 bits per heavy atom. The van der Waals surface area contributed by atoms with Crippen molar-refractivity contribution in [1.82, 2.24) is 0 Å². The first kappa shape index (κ1) is 37.6. The lowest BCUT2D eigenvalue weighted by atomic mass is 9.87. The van der Waals surface area contributed by atoms with Gasteiger partial charge in [-0.25, -0.2) is 0 Å². The van der Waals surface area contributed by atoms with E-state index in [1.807, 2.05) is 12.1 Å². The average molecular weight is 615 g/mol. The molecule has 0 amide bonds. The van der Waals surface area contributed by atoms with Crippen LogP contribution in [0.25, 0.3) is 0 Å². The zero-order chi connectivity index (χ0) is 31.4. The first-order chi connectivity index (χ1) is 20.7. The van der Waals surface area contributed by atoms with Crippen LogP contribution in [0.2, 0.25) is 5.04 Å². The zero-order valence-electron chi connectivity index (χ0n) is 27.2. The van der Waals surface area contributed by atoms with Gasteiger partial charge in [0.05, 0.1) is 25.4 Å². The molecule has 0 saturated carbocycles. The van der Waals surface area contributed by atoms with E-state index in [1.165, 1.54) is 64.2 Å². The number of rotatable bonds is 25. The maximum atomic E-state index is 12.7. The van der Waals surface area contributed by atoms with Crippen LogP contribution in [0, 0.1) is 5.92 Å². The maximum Gasteiger partial charge on any atom is 0.258 e. The lowest BCUT2D eigenvalue weighted by molar-refractivity contribution is 0.0859. The molecule has 2 atom stereocenters. The van der Waals surface area contributed by atoms with E-state index in [0.717, 1.165) is 42.5 Å². The van der Waals surface area contributed by atoms with Crippen molar-refractivity contribution in [1.29, 1.82) is 0 Å². The molecular weight excluding hydrogens is 552 g/mol. The van der Waals surface area contributed by atoms with Crippen molar-refractivity contribution in [3.8, 4) is 0 Å². The molecule has 0 aliphatic rings. The highest BCUT2D eigenvalue weighted by Gasteiger charge is 2.50. The summed E-state index contributed by atoms with van der Waals surface area (Å²) >= 11 is 0. The summed E-state index contributed by atoms with van der Waals surface area (Å²) in [6, 6.07) is 20.8. The van der Waals surface area contributed by atoms with Gasteiger partial charge in [-0.1, -0.05) is 164 Å². The van der Waals surface area contributed by atoms with Crippen LogP contribution in [0.15, 0.2) is 60.7 Å². The van der Waals surface area contributed by atoms with Crippen molar-refractivity contribution >= 4 is 18.7 Å². The molecule has 0 aliphatic heterocycles. The van der Waals surface area contributed by atoms with Gasteiger partial charge in [0.2, 0.25) is 0 Å². The van der Waals surface area contributed by atoms with E-state index in [9.17, 15) is 15.0 Å². The highest BCUT2D eigenvalue weighted by molar-refractivity contribution is 6.98. The quantitative estimate of drug-likeness (QED) is 0.0652. The molecule has 0 bridgehead atoms. The van der Waals surface area contributed by atoms with Crippen molar-refractivity contribution in [3.63, 3.8) is 0 Å². The summed E-state index contributed by atoms with van der Waals surface area (Å²) in [4.78, 5) is 12.7. The Morgan fingerprint density at radius 1 is 0.535 bits per heavy atom. The molecule has 0 spiro atoms. The molecule has 43 heavy (non-hydrogen) atoms. The van der Waals surface area contributed by atoms with Crippen LogP contribution in [-0.4, -0.2) is 59.0 Å². The van der Waals surface area contributed by atoms with E-state index in [1.54, 1.807) is 0 Å². The average Bonchev–Trinajstić information content (AvgIpc) is 3.03. The summed E-state index contributed by atoms with van der Waals surface area (Å²) in [6.45, 7) is 4.32. The lowest BCUT2D eigenvalue weighted by Crippen LogP contribution is -2.65. The number of unbranched alkanes of at least 4 members (excludes halogenated alkanes) is 10. The third-order valence-electron chi connectivity index (χ3n) is 9.38. The number of hydrogen-bond acceptors (Lipinski definition) is 5. The summed E-state index contributed by atoms with van der Waals surface area (Å²) < 4.78 is 0. The van der Waals surface area contributed by atoms with E-state index in [-0.39, 0.29) is 18.3 Å². The third-order valence-corrected chi connectivity index (χ3v) is 13.9. The Balaban J connectivity index is 1.99. The normalized spacial score (nSPS) is 14.5. The molecule has 0 heterocycles. The van der Waals surface area contributed by atoms with Crippen LogP contribution in [0.5, 0.6) is 0 Å². The van der Waals surface area contributed by atoms with Gasteiger partial charge >= 0.3 is 0 Å². The largest absolute Gasteiger partial charge is 0.424 e. The number of hydrogen-bond donors (Lipinski definition) is 5. The second-order valence-electron chi connectivity index (χ2n) is 13.5. The molecule has 5 N–H and O–H groups in total. The number of aliphatic hydroxyl groups excluding tert-OH is 4. The third kappa shape index (κ3) is 13.5. The van der Waals surface area contributed by atoms with Crippen molar-refractivity contribution < 1.29 is 25.2 Å². The Hall–Kier alpha value is -1.54. The van der Waals surface area contributed by atoms with Crippen LogP contribution in [-0.2, 0) is 0 Å². The van der Waals surface area contributed by atoms with Crippen molar-refractivity contribution in [3.05, 3.63) is 60.7 Å². The van der Waals surface area contributed by atoms with Gasteiger partial charge in [0.1, 0.15) is 0 Å². The molecule has 6 heteroatoms. The highest BCUT2D eigenvalue weighted by Crippen LogP contribution is 2.43. The van der Waals surface area contributed by atoms with Gasteiger partial charge in [0, 0.05) is 0 Å². The summed E-state index contributed by atoms with van der Waals surface area (Å²) in [7, 11) is -3.03. The molecule has 0 fully saturated rings. The van der Waals surface area contributed by atoms with E-state index >= 15 is 0 Å². The first-order valence-electron chi connectivity index (χ1n) is 17.2. The monoisotopic (exact) mass is 614 g/mol. The molecule has 5 nitrogen and oxygen atoms in total. The molecule has 0 radical (unpaired) electrons. The van der Waals surface area contributed by atoms with E-state index in [0.29, 0.717) is 18.8 Å². The Kier molecular flexibility index (Phi) is 18.6. The predicted molar refractivity (Wildman–Crippen MR) is 182 cm³/mol. The molecule has 2 unspecified atom stereocenters. The Bertz CT molecular complexity index is 873. The second kappa shape index (κ2) is 21.2. The van der Waals surface area contributed by atoms with Gasteiger partial charge in [-0.3, -0.25) is 0 Å². The fraction of sp³-hybridized carbons (Fsp3) is 0.676. The summed E-state index contributed by atoms with van der Waals surface area (Å²) in [5.41, 5.74) is 0. The molecule has 0 aromatic heterocycles. The second-order valence-corrected chi connectivity index (χ2v) is 17.4. The summed E-state index contributed by atoms with van der Waals surface area (Å²) in [6.07, 6.45) is 17.4. The summed E-state index contributed by atoms with van der Waals surface area (Å²) in [5, 5.41) is 39.0. The van der Waals surface area contributed by atoms with Crippen LogP contribution in [0.4, 0.5) is 0 Å². The minimum absolute atomic E-state index is 0.140. The van der Waals surface area contributed by atoms with E-state index in [4.69, 9.17) is 10.2 Å². The van der Waals surface area contributed by atoms with Crippen molar-refractivity contribution in [2.24, 2.45) is 5.92 Å². The lowest BCUT2D eigenvalue weighted by Gasteiger charge is -2.43. The standard InChI is InChI=1S/C37H62O5Si/c1-37(2,43(42,35-25-17-11-18-26-35)36-27-19-12-20-28-36)29-32(21-13-7-3-5-9-15-23-33(40)30-38)22-14-8-4-6-10-16-24-34(41)31-39/h11-12,17-20,25-28,32-34,38-42H,3-10,13-16,21-24,29-31H2,1-2H3. The van der Waals surface area contributed by atoms with Gasteiger partial charge < -0.3 is 25.2 Å². The van der Waals surface area contributed by atoms with Crippen LogP contribution in [0.3, 0.4) is 0 Å². The topological polar surface area (TPSA) is 101 Å². The van der Waals surface area contributed by atoms with Crippen LogP contribution in [0.1, 0.15) is 123 Å². The summed E-state index contributed by atoms with van der Waals surface area (Å²) in [5.74, 6) is 0.570. The molecule has 2 rings (SSSR count). The molecule has 0 saturated heterocycles. The molecular formula is C37H62O5Si. The minimum Gasteiger partial charge on any atom is -0.424 e. The molecule has 244 valence electrons. The fourth-order valence-electron chi connectivity index (χ4n) is 6.75. The zero-order valence-corrected chi connectivity index (χ0v) is 28.2. The Morgan fingerprint density at radius 2 is 0.860 bits per heavy atom. The maximum absolute atomic E-state index is 12.7. The van der Waals surface area contributed by atoms with Crippen LogP contribution < -0.4 is 10.4 Å². The smallest absolute Gasteiger partial charge is 0.258 e. The minimum atomic E-state index is -3.03. The van der Waals surface area contributed by atoms with E-state index < -0.39 is 20.5 Å². The van der Waals surface area contributed by atoms with Gasteiger partial charge in [-0.15, -0.1) is 0 Å². The molecule has 2 aromatic rings. The van der Waals surface area contributed by atoms with Gasteiger partial charge in [0.15, 0.2) is 0 Å². The number of aliphatic hydroxyl groups is 4. The van der Waals surface area contributed by atoms with Crippen molar-refractivity contribution in [2.45, 2.75) is 140 Å².